The lowest BCUT2D eigenvalue weighted by molar-refractivity contribution is -0.147. The molecule has 2 aromatic carbocycles. The maximum Gasteiger partial charge on any atom is 0.306 e. The van der Waals surface area contributed by atoms with Gasteiger partial charge in [0.1, 0.15) is 24.6 Å². The van der Waals surface area contributed by atoms with E-state index in [1.54, 1.807) is 18.1 Å². The highest BCUT2D eigenvalue weighted by Gasteiger charge is 2.47. The number of aliphatic carboxylic acids is 1. The molecule has 0 bridgehead atoms. The topological polar surface area (TPSA) is 94.5 Å². The second-order valence-electron chi connectivity index (χ2n) is 9.79. The first-order valence-electron chi connectivity index (χ1n) is 11.2. The van der Waals surface area contributed by atoms with Gasteiger partial charge < -0.3 is 24.1 Å². The molecule has 8 nitrogen and oxygen atoms in total. The molecule has 0 fully saturated rings. The number of amides is 1. The van der Waals surface area contributed by atoms with Gasteiger partial charge in [-0.05, 0) is 30.0 Å². The Morgan fingerprint density at radius 1 is 1.18 bits per heavy atom. The molecule has 1 N–H and O–H groups in total. The molecule has 8 heteroatoms. The minimum Gasteiger partial charge on any atom is -0.493 e. The quantitative estimate of drug-likeness (QED) is 0.704. The Kier molecular flexibility index (Phi) is 6.20. The maximum absolute atomic E-state index is 13.9. The zero-order chi connectivity index (χ0) is 24.8. The minimum atomic E-state index is -1.19. The maximum atomic E-state index is 13.9. The van der Waals surface area contributed by atoms with Gasteiger partial charge >= 0.3 is 5.97 Å². The zero-order valence-electron chi connectivity index (χ0n) is 20.4. The highest BCUT2D eigenvalue weighted by molar-refractivity contribution is 6.02. The van der Waals surface area contributed by atoms with E-state index in [-0.39, 0.29) is 17.4 Å². The molecule has 0 spiro atoms. The third kappa shape index (κ3) is 4.07. The van der Waals surface area contributed by atoms with Gasteiger partial charge in [-0.3, -0.25) is 14.5 Å². The van der Waals surface area contributed by atoms with Crippen molar-refractivity contribution >= 4 is 17.6 Å². The normalized spacial score (nSPS) is 21.9. The second-order valence-corrected chi connectivity index (χ2v) is 9.79. The molecule has 4 rings (SSSR count). The Balaban J connectivity index is 2.01. The van der Waals surface area contributed by atoms with Gasteiger partial charge in [0, 0.05) is 11.1 Å². The number of ether oxygens (including phenoxy) is 4. The average Bonchev–Trinajstić information content (AvgIpc) is 2.88. The summed E-state index contributed by atoms with van der Waals surface area (Å²) in [4.78, 5) is 27.3. The van der Waals surface area contributed by atoms with Crippen LogP contribution in [0, 0.1) is 12.3 Å². The summed E-state index contributed by atoms with van der Waals surface area (Å²) in [6.07, 6.45) is -2.43. The van der Waals surface area contributed by atoms with E-state index in [4.69, 9.17) is 18.9 Å². The summed E-state index contributed by atoms with van der Waals surface area (Å²) in [7, 11) is 3.08. The zero-order valence-corrected chi connectivity index (χ0v) is 20.4. The number of hydrogen-bond acceptors (Lipinski definition) is 6. The minimum absolute atomic E-state index is 0.304. The monoisotopic (exact) mass is 469 g/mol. The van der Waals surface area contributed by atoms with Crippen LogP contribution >= 0.6 is 0 Å². The summed E-state index contributed by atoms with van der Waals surface area (Å²) in [6, 6.07) is 8.97. The van der Waals surface area contributed by atoms with Crippen molar-refractivity contribution in [3.63, 3.8) is 0 Å². The third-order valence-corrected chi connectivity index (χ3v) is 6.37. The van der Waals surface area contributed by atoms with E-state index in [2.05, 4.69) is 0 Å². The molecule has 2 aliphatic heterocycles. The van der Waals surface area contributed by atoms with E-state index >= 15 is 0 Å². The number of carboxylic acids is 1. The molecule has 0 saturated carbocycles. The van der Waals surface area contributed by atoms with Crippen LogP contribution in [-0.2, 0) is 14.3 Å². The predicted molar refractivity (Wildman–Crippen MR) is 126 cm³/mol. The molecule has 2 aliphatic rings. The number of hydrogen-bond donors (Lipinski definition) is 1. The molecule has 0 saturated heterocycles. The molecule has 2 heterocycles. The van der Waals surface area contributed by atoms with Gasteiger partial charge in [0.05, 0.1) is 32.4 Å². The fourth-order valence-electron chi connectivity index (χ4n) is 4.74. The summed E-state index contributed by atoms with van der Waals surface area (Å²) in [5, 5.41) is 9.61. The van der Waals surface area contributed by atoms with Crippen LogP contribution in [0.15, 0.2) is 30.3 Å². The number of para-hydroxylation sites is 1. The van der Waals surface area contributed by atoms with Gasteiger partial charge in [0.2, 0.25) is 0 Å². The summed E-state index contributed by atoms with van der Waals surface area (Å²) >= 11 is 0. The van der Waals surface area contributed by atoms with Gasteiger partial charge in [-0.25, -0.2) is 0 Å². The van der Waals surface area contributed by atoms with Crippen molar-refractivity contribution in [1.82, 2.24) is 0 Å². The number of nitrogens with zero attached hydrogens (tertiary/aromatic N) is 1. The molecule has 182 valence electrons. The third-order valence-electron chi connectivity index (χ3n) is 6.37. The number of carbonyl (C=O) groups is 2. The van der Waals surface area contributed by atoms with Crippen LogP contribution in [0.3, 0.4) is 0 Å². The average molecular weight is 470 g/mol. The second kappa shape index (κ2) is 8.83. The van der Waals surface area contributed by atoms with Gasteiger partial charge in [-0.15, -0.1) is 0 Å². The number of aryl methyl sites for hydroxylation is 1. The van der Waals surface area contributed by atoms with E-state index in [0.717, 1.165) is 11.1 Å². The van der Waals surface area contributed by atoms with Crippen LogP contribution < -0.4 is 19.1 Å². The summed E-state index contributed by atoms with van der Waals surface area (Å²) in [6.45, 7) is 8.36. The van der Waals surface area contributed by atoms with Crippen LogP contribution in [0.5, 0.6) is 17.2 Å². The van der Waals surface area contributed by atoms with E-state index in [9.17, 15) is 14.7 Å². The lowest BCUT2D eigenvalue weighted by atomic mass is 9.84. The molecule has 34 heavy (non-hydrogen) atoms. The molecule has 0 aromatic heterocycles. The Morgan fingerprint density at radius 3 is 2.53 bits per heavy atom. The molecular formula is C26H31NO7. The number of methoxy groups -OCH3 is 2. The fourth-order valence-corrected chi connectivity index (χ4v) is 4.74. The van der Waals surface area contributed by atoms with Crippen LogP contribution in [0.2, 0.25) is 0 Å². The van der Waals surface area contributed by atoms with Crippen LogP contribution in [0.1, 0.15) is 50.0 Å². The summed E-state index contributed by atoms with van der Waals surface area (Å²) < 4.78 is 23.7. The molecule has 1 amide bonds. The lowest BCUT2D eigenvalue weighted by Crippen LogP contribution is -2.56. The van der Waals surface area contributed by atoms with Crippen molar-refractivity contribution in [3.05, 3.63) is 47.0 Å². The van der Waals surface area contributed by atoms with Gasteiger partial charge in [0.25, 0.3) is 5.91 Å². The van der Waals surface area contributed by atoms with Crippen molar-refractivity contribution in [2.45, 2.75) is 52.4 Å². The SMILES string of the molecule is COc1cccc([C@H]2O[C@H](CC(=O)O)C(=O)N3c4c(cc(C)cc42)OC[C@H]3C(C)(C)C)c1OC. The predicted octanol–water partition coefficient (Wildman–Crippen LogP) is 4.12. The van der Waals surface area contributed by atoms with E-state index < -0.39 is 24.6 Å². The van der Waals surface area contributed by atoms with Gasteiger partial charge in [-0.2, -0.15) is 0 Å². The smallest absolute Gasteiger partial charge is 0.306 e. The highest BCUT2D eigenvalue weighted by atomic mass is 16.5. The van der Waals surface area contributed by atoms with Crippen LogP contribution in [0.25, 0.3) is 0 Å². The van der Waals surface area contributed by atoms with E-state index in [0.29, 0.717) is 35.1 Å². The summed E-state index contributed by atoms with van der Waals surface area (Å²) in [5.41, 5.74) is 2.58. The molecular weight excluding hydrogens is 438 g/mol. The molecule has 3 atom stereocenters. The Bertz CT molecular complexity index is 1120. The van der Waals surface area contributed by atoms with Crippen molar-refractivity contribution < 1.29 is 33.6 Å². The first kappa shape index (κ1) is 23.9. The number of anilines is 1. The Hall–Kier alpha value is -3.26. The van der Waals surface area contributed by atoms with Crippen LogP contribution in [0.4, 0.5) is 5.69 Å². The van der Waals surface area contributed by atoms with E-state index in [1.165, 1.54) is 7.11 Å². The Morgan fingerprint density at radius 2 is 1.91 bits per heavy atom. The molecule has 2 aromatic rings. The first-order valence-corrected chi connectivity index (χ1v) is 11.2. The summed E-state index contributed by atoms with van der Waals surface area (Å²) in [5.74, 6) is 0.0507. The van der Waals surface area contributed by atoms with Crippen LogP contribution in [-0.4, -0.2) is 50.0 Å². The number of rotatable bonds is 5. The lowest BCUT2D eigenvalue weighted by Gasteiger charge is -2.44. The molecule has 0 radical (unpaired) electrons. The number of carbonyl (C=O) groups excluding carboxylic acids is 1. The fraction of sp³-hybridized carbons (Fsp3) is 0.462. The standard InChI is InChI=1S/C26H31NO7/c1-14-10-16-22-18(11-14)33-13-20(26(2,3)4)27(22)25(30)19(12-21(28)29)34-23(16)15-8-7-9-17(31-5)24(15)32-6/h7-11,19-20,23H,12-13H2,1-6H3,(H,28,29)/t19-,20+,23-/m1/s1. The number of benzene rings is 2. The molecule has 0 aliphatic carbocycles. The molecule has 0 unspecified atom stereocenters. The number of carboxylic acid groups (broad SMARTS) is 1. The largest absolute Gasteiger partial charge is 0.493 e. The van der Waals surface area contributed by atoms with Gasteiger partial charge in [0.15, 0.2) is 11.5 Å². The van der Waals surface area contributed by atoms with Crippen molar-refractivity contribution in [3.8, 4) is 17.2 Å². The van der Waals surface area contributed by atoms with Crippen molar-refractivity contribution in [2.24, 2.45) is 5.41 Å². The van der Waals surface area contributed by atoms with Gasteiger partial charge in [-0.1, -0.05) is 39.0 Å². The highest BCUT2D eigenvalue weighted by Crippen LogP contribution is 2.51. The van der Waals surface area contributed by atoms with Crippen molar-refractivity contribution in [2.75, 3.05) is 25.7 Å². The van der Waals surface area contributed by atoms with Crippen molar-refractivity contribution in [1.29, 1.82) is 0 Å². The Labute approximate surface area is 199 Å². The van der Waals surface area contributed by atoms with E-state index in [1.807, 2.05) is 52.0 Å². The first-order chi connectivity index (χ1) is 16.1.